The number of methoxy groups -OCH3 is 1. The lowest BCUT2D eigenvalue weighted by molar-refractivity contribution is -0.189. The highest BCUT2D eigenvalue weighted by Crippen LogP contribution is 2.39. The Morgan fingerprint density at radius 3 is 1.68 bits per heavy atom. The molecule has 37 heavy (non-hydrogen) atoms. The first-order valence-corrected chi connectivity index (χ1v) is 10.9. The molecule has 0 unspecified atom stereocenters. The van der Waals surface area contributed by atoms with Gasteiger partial charge in [0.25, 0.3) is 0 Å². The van der Waals surface area contributed by atoms with E-state index in [1.165, 1.54) is 18.2 Å². The van der Waals surface area contributed by atoms with E-state index in [2.05, 4.69) is 9.47 Å². The van der Waals surface area contributed by atoms with E-state index in [-0.39, 0.29) is 11.1 Å². The maximum atomic E-state index is 14.9. The van der Waals surface area contributed by atoms with E-state index >= 15 is 0 Å². The second-order valence-electron chi connectivity index (χ2n) is 8.35. The molecule has 0 saturated carbocycles. The minimum Gasteiger partial charge on any atom is -0.491 e. The van der Waals surface area contributed by atoms with Crippen LogP contribution in [0, 0.1) is 42.9 Å². The summed E-state index contributed by atoms with van der Waals surface area (Å²) in [6.45, 7) is 3.83. The maximum Gasteiger partial charge on any atom is 0.432 e. The van der Waals surface area contributed by atoms with Crippen LogP contribution < -0.4 is 9.47 Å². The van der Waals surface area contributed by atoms with Crippen molar-refractivity contribution in [2.75, 3.05) is 7.11 Å². The molecular formula is C28H19F7O2. The molecule has 192 valence electrons. The normalized spacial score (nSPS) is 11.5. The van der Waals surface area contributed by atoms with Crippen molar-refractivity contribution in [3.05, 3.63) is 106 Å². The molecule has 0 atom stereocenters. The Hall–Kier alpha value is -4.01. The molecule has 0 N–H and O–H groups in total. The van der Waals surface area contributed by atoms with Crippen LogP contribution >= 0.6 is 0 Å². The highest BCUT2D eigenvalue weighted by molar-refractivity contribution is 5.72. The molecule has 9 heteroatoms. The lowest BCUT2D eigenvalue weighted by Crippen LogP contribution is -2.25. The van der Waals surface area contributed by atoms with Gasteiger partial charge in [0.15, 0.2) is 17.4 Å². The van der Waals surface area contributed by atoms with Crippen molar-refractivity contribution in [2.24, 2.45) is 0 Å². The van der Waals surface area contributed by atoms with Gasteiger partial charge in [-0.15, -0.1) is 0 Å². The number of alkyl halides is 2. The lowest BCUT2D eigenvalue weighted by atomic mass is 9.96. The van der Waals surface area contributed by atoms with Crippen molar-refractivity contribution in [3.8, 4) is 33.8 Å². The summed E-state index contributed by atoms with van der Waals surface area (Å²) < 4.78 is 110. The summed E-state index contributed by atoms with van der Waals surface area (Å²) in [5, 5.41) is 0. The van der Waals surface area contributed by atoms with Gasteiger partial charge in [0.2, 0.25) is 0 Å². The molecule has 0 saturated heterocycles. The van der Waals surface area contributed by atoms with Crippen LogP contribution in [0.25, 0.3) is 22.3 Å². The summed E-state index contributed by atoms with van der Waals surface area (Å²) in [7, 11) is 0.961. The second-order valence-corrected chi connectivity index (χ2v) is 8.35. The van der Waals surface area contributed by atoms with Gasteiger partial charge in [-0.05, 0) is 59.9 Å². The van der Waals surface area contributed by atoms with Gasteiger partial charge in [0, 0.05) is 17.7 Å². The number of rotatable bonds is 6. The van der Waals surface area contributed by atoms with Crippen molar-refractivity contribution >= 4 is 0 Å². The Bertz CT molecular complexity index is 1450. The van der Waals surface area contributed by atoms with Crippen LogP contribution in [0.3, 0.4) is 0 Å². The zero-order valence-electron chi connectivity index (χ0n) is 19.7. The molecule has 0 amide bonds. The molecule has 0 spiro atoms. The molecular weight excluding hydrogens is 501 g/mol. The number of hydrogen-bond donors (Lipinski definition) is 0. The third kappa shape index (κ3) is 5.12. The first-order valence-electron chi connectivity index (χ1n) is 10.9. The fourth-order valence-electron chi connectivity index (χ4n) is 3.85. The summed E-state index contributed by atoms with van der Waals surface area (Å²) in [5.41, 5.74) is 0.922. The SMILES string of the molecule is COc1c(F)cc(OC(F)(F)c2c(F)cc(-c3ccc(-c4ccc(C)c(C)c4)cc3F)cc2F)cc1F. The molecule has 0 fully saturated rings. The van der Waals surface area contributed by atoms with Gasteiger partial charge in [0.05, 0.1) is 7.11 Å². The summed E-state index contributed by atoms with van der Waals surface area (Å²) in [4.78, 5) is 0. The van der Waals surface area contributed by atoms with Crippen LogP contribution in [-0.4, -0.2) is 7.11 Å². The molecule has 2 nitrogen and oxygen atoms in total. The van der Waals surface area contributed by atoms with Crippen LogP contribution in [-0.2, 0) is 6.11 Å². The van der Waals surface area contributed by atoms with E-state index in [9.17, 15) is 30.7 Å². The zero-order valence-corrected chi connectivity index (χ0v) is 19.7. The number of ether oxygens (including phenoxy) is 2. The second kappa shape index (κ2) is 9.80. The zero-order chi connectivity index (χ0) is 27.1. The van der Waals surface area contributed by atoms with Gasteiger partial charge in [-0.2, -0.15) is 8.78 Å². The fraction of sp³-hybridized carbons (Fsp3) is 0.143. The summed E-state index contributed by atoms with van der Waals surface area (Å²) in [5.74, 6) is -8.90. The van der Waals surface area contributed by atoms with Gasteiger partial charge in [-0.25, -0.2) is 22.0 Å². The molecule has 0 aliphatic carbocycles. The van der Waals surface area contributed by atoms with Gasteiger partial charge in [0.1, 0.15) is 28.8 Å². The molecule has 4 rings (SSSR count). The van der Waals surface area contributed by atoms with E-state index in [1.54, 1.807) is 6.07 Å². The molecule has 4 aromatic rings. The Labute approximate surface area is 207 Å². The van der Waals surface area contributed by atoms with Crippen LogP contribution in [0.1, 0.15) is 16.7 Å². The highest BCUT2D eigenvalue weighted by atomic mass is 19.3. The van der Waals surface area contributed by atoms with Crippen molar-refractivity contribution in [2.45, 2.75) is 20.0 Å². The molecule has 4 aromatic carbocycles. The Kier molecular flexibility index (Phi) is 6.90. The standard InChI is InChI=1S/C28H19F7O2/c1-14-4-5-16(8-15(14)2)17-6-7-20(21(29)9-17)18-10-22(30)26(23(31)11-18)28(34,35)37-19-12-24(32)27(36-3)25(33)13-19/h4-13H,1-3H3. The van der Waals surface area contributed by atoms with E-state index in [1.807, 2.05) is 26.0 Å². The quantitative estimate of drug-likeness (QED) is 0.238. The number of halogens is 7. The van der Waals surface area contributed by atoms with Crippen molar-refractivity contribution in [3.63, 3.8) is 0 Å². The van der Waals surface area contributed by atoms with Crippen molar-refractivity contribution < 1.29 is 40.2 Å². The topological polar surface area (TPSA) is 18.5 Å². The van der Waals surface area contributed by atoms with Gasteiger partial charge < -0.3 is 9.47 Å². The summed E-state index contributed by atoms with van der Waals surface area (Å²) in [6, 6.07) is 11.3. The first-order chi connectivity index (χ1) is 17.4. The molecule has 0 bridgehead atoms. The van der Waals surface area contributed by atoms with E-state index in [4.69, 9.17) is 0 Å². The minimum absolute atomic E-state index is 0.222. The third-order valence-corrected chi connectivity index (χ3v) is 5.88. The van der Waals surface area contributed by atoms with Gasteiger partial charge >= 0.3 is 6.11 Å². The molecule has 0 aliphatic heterocycles. The van der Waals surface area contributed by atoms with Crippen LogP contribution in [0.4, 0.5) is 30.7 Å². The lowest BCUT2D eigenvalue weighted by Gasteiger charge is -2.20. The van der Waals surface area contributed by atoms with Crippen LogP contribution in [0.2, 0.25) is 0 Å². The van der Waals surface area contributed by atoms with Crippen molar-refractivity contribution in [1.29, 1.82) is 0 Å². The smallest absolute Gasteiger partial charge is 0.432 e. The van der Waals surface area contributed by atoms with Crippen LogP contribution in [0.5, 0.6) is 11.5 Å². The van der Waals surface area contributed by atoms with Gasteiger partial charge in [-0.1, -0.05) is 30.3 Å². The van der Waals surface area contributed by atoms with Gasteiger partial charge in [-0.3, -0.25) is 0 Å². The maximum absolute atomic E-state index is 14.9. The van der Waals surface area contributed by atoms with E-state index < -0.39 is 52.3 Å². The first kappa shape index (κ1) is 26.1. The number of hydrogen-bond acceptors (Lipinski definition) is 2. The Morgan fingerprint density at radius 2 is 1.14 bits per heavy atom. The molecule has 0 aliphatic rings. The summed E-state index contributed by atoms with van der Waals surface area (Å²) in [6.07, 6.45) is -4.66. The molecule has 0 heterocycles. The molecule has 0 aromatic heterocycles. The third-order valence-electron chi connectivity index (χ3n) is 5.88. The predicted octanol–water partition coefficient (Wildman–Crippen LogP) is 8.47. The Balaban J connectivity index is 1.67. The Morgan fingerprint density at radius 1 is 0.595 bits per heavy atom. The largest absolute Gasteiger partial charge is 0.491 e. The summed E-state index contributed by atoms with van der Waals surface area (Å²) >= 11 is 0. The average molecular weight is 520 g/mol. The average Bonchev–Trinajstić information content (AvgIpc) is 2.79. The fourth-order valence-corrected chi connectivity index (χ4v) is 3.85. The number of benzene rings is 4. The number of aryl methyl sites for hydroxylation is 2. The van der Waals surface area contributed by atoms with Crippen molar-refractivity contribution in [1.82, 2.24) is 0 Å². The highest BCUT2D eigenvalue weighted by Gasteiger charge is 2.41. The van der Waals surface area contributed by atoms with Crippen LogP contribution in [0.15, 0.2) is 60.7 Å². The monoisotopic (exact) mass is 520 g/mol. The van der Waals surface area contributed by atoms with E-state index in [0.717, 1.165) is 23.8 Å². The predicted molar refractivity (Wildman–Crippen MR) is 124 cm³/mol. The minimum atomic E-state index is -4.66. The van der Waals surface area contributed by atoms with E-state index in [0.29, 0.717) is 29.8 Å². The molecule has 0 radical (unpaired) electrons.